The monoisotopic (exact) mass is 577 g/mol. The summed E-state index contributed by atoms with van der Waals surface area (Å²) in [5.74, 6) is 0.475. The number of rotatable bonds is 6. The standard InChI is InChI=1S/C16H19N5O.C16H16N4O/c22-16-10-15(17-12-18-16)20-19-14-6-8-21(9-7-14)11-13-4-2-1-3-5-13;21-16-14-12-9-20(8-11-4-2-1-3-5-11)7-6-13(12)19-15(14)17-10-18-16/h1-5,10,12H,6-9,11H2,(H2,17,18,20,22);1-5,10H,6-9H2,(H2,17,18,19,21). The summed E-state index contributed by atoms with van der Waals surface area (Å²) in [6.45, 7) is 5.67. The first-order valence-corrected chi connectivity index (χ1v) is 14.6. The van der Waals surface area contributed by atoms with Crippen molar-refractivity contribution in [2.75, 3.05) is 25.1 Å². The van der Waals surface area contributed by atoms with Crippen LogP contribution in [-0.4, -0.2) is 60.1 Å². The summed E-state index contributed by atoms with van der Waals surface area (Å²) in [5.41, 5.74) is 9.32. The minimum atomic E-state index is -0.185. The van der Waals surface area contributed by atoms with Crippen LogP contribution >= 0.6 is 0 Å². The summed E-state index contributed by atoms with van der Waals surface area (Å²) >= 11 is 0. The molecule has 0 amide bonds. The lowest BCUT2D eigenvalue weighted by Gasteiger charge is -2.27. The molecule has 7 rings (SSSR count). The zero-order valence-corrected chi connectivity index (χ0v) is 23.9. The lowest BCUT2D eigenvalue weighted by molar-refractivity contribution is 0.245. The van der Waals surface area contributed by atoms with Crippen molar-refractivity contribution in [2.45, 2.75) is 38.9 Å². The summed E-state index contributed by atoms with van der Waals surface area (Å²) in [5, 5.41) is 5.07. The number of aromatic nitrogens is 5. The van der Waals surface area contributed by atoms with Crippen LogP contribution in [0.4, 0.5) is 5.82 Å². The molecule has 0 atom stereocenters. The molecule has 5 heterocycles. The molecule has 2 aliphatic rings. The van der Waals surface area contributed by atoms with E-state index in [1.165, 1.54) is 29.8 Å². The van der Waals surface area contributed by atoms with Crippen molar-refractivity contribution >= 4 is 22.6 Å². The molecule has 0 spiro atoms. The highest BCUT2D eigenvalue weighted by Crippen LogP contribution is 2.25. The van der Waals surface area contributed by atoms with Gasteiger partial charge in [-0.05, 0) is 11.1 Å². The topological polar surface area (TPSA) is 138 Å². The van der Waals surface area contributed by atoms with E-state index in [2.05, 4.69) is 93.8 Å². The van der Waals surface area contributed by atoms with Gasteiger partial charge in [0.25, 0.3) is 11.1 Å². The fourth-order valence-electron chi connectivity index (χ4n) is 5.57. The molecule has 11 nitrogen and oxygen atoms in total. The predicted molar refractivity (Wildman–Crippen MR) is 168 cm³/mol. The Bertz CT molecular complexity index is 1780. The van der Waals surface area contributed by atoms with Crippen LogP contribution in [0, 0.1) is 0 Å². The fraction of sp³-hybridized carbons (Fsp3) is 0.281. The quantitative estimate of drug-likeness (QED) is 0.226. The van der Waals surface area contributed by atoms with Crippen LogP contribution in [0.5, 0.6) is 0 Å². The zero-order chi connectivity index (χ0) is 29.4. The number of aromatic amines is 3. The van der Waals surface area contributed by atoms with Gasteiger partial charge in [0.2, 0.25) is 0 Å². The maximum atomic E-state index is 12.0. The van der Waals surface area contributed by atoms with Crippen molar-refractivity contribution in [1.82, 2.24) is 34.7 Å². The maximum Gasteiger partial charge on any atom is 0.260 e. The van der Waals surface area contributed by atoms with Gasteiger partial charge in [-0.15, -0.1) is 0 Å². The molecule has 1 saturated heterocycles. The van der Waals surface area contributed by atoms with Gasteiger partial charge in [-0.2, -0.15) is 5.10 Å². The lowest BCUT2D eigenvalue weighted by atomic mass is 10.0. The summed E-state index contributed by atoms with van der Waals surface area (Å²) in [6.07, 6.45) is 5.62. The zero-order valence-electron chi connectivity index (χ0n) is 23.9. The number of hydrogen-bond acceptors (Lipinski definition) is 8. The third-order valence-electron chi connectivity index (χ3n) is 7.79. The van der Waals surface area contributed by atoms with E-state index in [0.717, 1.165) is 75.5 Å². The second-order valence-electron chi connectivity index (χ2n) is 10.8. The highest BCUT2D eigenvalue weighted by molar-refractivity contribution is 5.86. The molecule has 0 bridgehead atoms. The van der Waals surface area contributed by atoms with E-state index < -0.39 is 0 Å². The molecule has 0 saturated carbocycles. The van der Waals surface area contributed by atoms with E-state index in [1.807, 2.05) is 12.1 Å². The normalized spacial score (nSPS) is 15.4. The molecule has 5 aromatic rings. The molecule has 0 aliphatic carbocycles. The van der Waals surface area contributed by atoms with E-state index in [9.17, 15) is 9.59 Å². The number of hydrazone groups is 1. The number of nitrogens with zero attached hydrogens (tertiary/aromatic N) is 5. The van der Waals surface area contributed by atoms with Gasteiger partial charge < -0.3 is 15.0 Å². The van der Waals surface area contributed by atoms with Crippen LogP contribution in [-0.2, 0) is 26.1 Å². The van der Waals surface area contributed by atoms with E-state index in [4.69, 9.17) is 0 Å². The Balaban J connectivity index is 0.000000153. The number of hydrogen-bond donors (Lipinski definition) is 4. The minimum Gasteiger partial charge on any atom is -0.343 e. The largest absolute Gasteiger partial charge is 0.343 e. The number of benzene rings is 2. The molecular formula is C32H35N9O2. The molecule has 3 aromatic heterocycles. The van der Waals surface area contributed by atoms with Gasteiger partial charge in [-0.3, -0.25) is 24.8 Å². The summed E-state index contributed by atoms with van der Waals surface area (Å²) < 4.78 is 0. The molecule has 4 N–H and O–H groups in total. The Hall–Kier alpha value is -4.87. The molecule has 220 valence electrons. The number of piperidine rings is 1. The Morgan fingerprint density at radius 2 is 1.44 bits per heavy atom. The molecule has 43 heavy (non-hydrogen) atoms. The van der Waals surface area contributed by atoms with Crippen LogP contribution < -0.4 is 16.5 Å². The number of anilines is 1. The van der Waals surface area contributed by atoms with Crippen LogP contribution in [0.15, 0.2) is 94.1 Å². The highest BCUT2D eigenvalue weighted by atomic mass is 16.1. The molecule has 0 radical (unpaired) electrons. The maximum absolute atomic E-state index is 12.0. The third-order valence-corrected chi connectivity index (χ3v) is 7.79. The van der Waals surface area contributed by atoms with Crippen molar-refractivity contribution in [3.8, 4) is 0 Å². The predicted octanol–water partition coefficient (Wildman–Crippen LogP) is 3.64. The SMILES string of the molecule is O=c1[nH]cnc2[nH]c3c(c12)CN(Cc1ccccc1)CC3.O=c1cc(NN=C2CCN(Cc3ccccc3)CC2)nc[nH]1. The summed E-state index contributed by atoms with van der Waals surface area (Å²) in [7, 11) is 0. The molecule has 0 unspecified atom stereocenters. The first kappa shape index (κ1) is 28.3. The molecule has 2 aliphatic heterocycles. The van der Waals surface area contributed by atoms with Crippen LogP contribution in [0.1, 0.15) is 35.2 Å². The average molecular weight is 578 g/mol. The second kappa shape index (κ2) is 13.4. The number of likely N-dealkylation sites (tertiary alicyclic amines) is 1. The van der Waals surface area contributed by atoms with E-state index >= 15 is 0 Å². The van der Waals surface area contributed by atoms with E-state index in [0.29, 0.717) is 16.9 Å². The van der Waals surface area contributed by atoms with Crippen molar-refractivity contribution in [3.05, 3.63) is 122 Å². The van der Waals surface area contributed by atoms with Crippen molar-refractivity contribution < 1.29 is 0 Å². The molecular weight excluding hydrogens is 542 g/mol. The van der Waals surface area contributed by atoms with Gasteiger partial charge in [-0.25, -0.2) is 9.97 Å². The first-order valence-electron chi connectivity index (χ1n) is 14.6. The van der Waals surface area contributed by atoms with Gasteiger partial charge in [0.15, 0.2) is 5.82 Å². The van der Waals surface area contributed by atoms with Gasteiger partial charge in [0.1, 0.15) is 5.65 Å². The van der Waals surface area contributed by atoms with E-state index in [-0.39, 0.29) is 11.1 Å². The molecule has 11 heteroatoms. The number of nitrogens with one attached hydrogen (secondary N) is 4. The first-order chi connectivity index (χ1) is 21.1. The third kappa shape index (κ3) is 7.32. The Labute approximate surface area is 248 Å². The lowest BCUT2D eigenvalue weighted by Crippen LogP contribution is -2.33. The van der Waals surface area contributed by atoms with Crippen LogP contribution in [0.25, 0.3) is 11.0 Å². The van der Waals surface area contributed by atoms with Gasteiger partial charge in [0.05, 0.1) is 18.0 Å². The van der Waals surface area contributed by atoms with E-state index in [1.54, 1.807) is 0 Å². The Kier molecular flexibility index (Phi) is 8.81. The van der Waals surface area contributed by atoms with Gasteiger partial charge >= 0.3 is 0 Å². The minimum absolute atomic E-state index is 0.0564. The second-order valence-corrected chi connectivity index (χ2v) is 10.8. The molecule has 2 aromatic carbocycles. The summed E-state index contributed by atoms with van der Waals surface area (Å²) in [6, 6.07) is 22.3. The van der Waals surface area contributed by atoms with Crippen molar-refractivity contribution in [2.24, 2.45) is 5.10 Å². The van der Waals surface area contributed by atoms with Crippen LogP contribution in [0.2, 0.25) is 0 Å². The number of H-pyrrole nitrogens is 3. The molecule has 1 fully saturated rings. The smallest absolute Gasteiger partial charge is 0.260 e. The van der Waals surface area contributed by atoms with Gasteiger partial charge in [-0.1, -0.05) is 60.7 Å². The average Bonchev–Trinajstić information content (AvgIpc) is 3.41. The highest BCUT2D eigenvalue weighted by Gasteiger charge is 2.22. The van der Waals surface area contributed by atoms with Gasteiger partial charge in [0, 0.05) is 81.6 Å². The van der Waals surface area contributed by atoms with Crippen LogP contribution in [0.3, 0.4) is 0 Å². The van der Waals surface area contributed by atoms with Crippen molar-refractivity contribution in [3.63, 3.8) is 0 Å². The fourth-order valence-corrected chi connectivity index (χ4v) is 5.57. The van der Waals surface area contributed by atoms with Crippen molar-refractivity contribution in [1.29, 1.82) is 0 Å². The summed E-state index contributed by atoms with van der Waals surface area (Å²) in [4.78, 5) is 44.7. The number of fused-ring (bicyclic) bond motifs is 3. The Morgan fingerprint density at radius 3 is 2.14 bits per heavy atom. The Morgan fingerprint density at radius 1 is 0.791 bits per heavy atom.